The topological polar surface area (TPSA) is 43.2 Å². The van der Waals surface area contributed by atoms with Crippen molar-refractivity contribution in [2.75, 3.05) is 18.6 Å². The van der Waals surface area contributed by atoms with Gasteiger partial charge in [-0.3, -0.25) is 0 Å². The molecular weight excluding hydrogens is 463 g/mol. The quantitative estimate of drug-likeness (QED) is 0.318. The van der Waals surface area contributed by atoms with Crippen molar-refractivity contribution < 1.29 is 9.13 Å². The zero-order valence-corrected chi connectivity index (χ0v) is 21.1. The van der Waals surface area contributed by atoms with Crippen molar-refractivity contribution in [3.8, 4) is 23.8 Å². The number of halogens is 2. The largest absolute Gasteiger partial charge is 0.496 e. The highest BCUT2D eigenvalue weighted by Crippen LogP contribution is 2.44. The highest BCUT2D eigenvalue weighted by Gasteiger charge is 2.35. The Kier molecular flexibility index (Phi) is 6.46. The van der Waals surface area contributed by atoms with Gasteiger partial charge in [0.25, 0.3) is 0 Å². The third-order valence-electron chi connectivity index (χ3n) is 6.98. The van der Waals surface area contributed by atoms with Gasteiger partial charge in [-0.1, -0.05) is 42.5 Å². The van der Waals surface area contributed by atoms with E-state index in [0.29, 0.717) is 34.9 Å². The van der Waals surface area contributed by atoms with E-state index in [0.717, 1.165) is 47.7 Å². The molecule has 0 spiro atoms. The Morgan fingerprint density at radius 3 is 2.60 bits per heavy atom. The second-order valence-electron chi connectivity index (χ2n) is 9.76. The summed E-state index contributed by atoms with van der Waals surface area (Å²) in [6.45, 7) is 4.09. The first-order valence-corrected chi connectivity index (χ1v) is 12.5. The van der Waals surface area contributed by atoms with Crippen molar-refractivity contribution in [1.82, 2.24) is 14.8 Å². The van der Waals surface area contributed by atoms with Crippen LogP contribution < -0.4 is 9.64 Å². The SMILES string of the molecule is C#CCN(c1nc(C2CC2)n(-c2cc(C)c(OC)cc2Cl)n1)[C@@H](CC1CC1)c1ccc(C)c(F)c1. The van der Waals surface area contributed by atoms with Crippen LogP contribution in [0.4, 0.5) is 10.3 Å². The summed E-state index contributed by atoms with van der Waals surface area (Å²) in [5.74, 6) is 5.69. The minimum absolute atomic E-state index is 0.107. The van der Waals surface area contributed by atoms with Gasteiger partial charge in [-0.2, -0.15) is 4.98 Å². The lowest BCUT2D eigenvalue weighted by Crippen LogP contribution is -2.31. The second-order valence-corrected chi connectivity index (χ2v) is 10.2. The van der Waals surface area contributed by atoms with Gasteiger partial charge in [0.15, 0.2) is 0 Å². The number of hydrogen-bond acceptors (Lipinski definition) is 4. The lowest BCUT2D eigenvalue weighted by molar-refractivity contribution is 0.411. The molecule has 2 aromatic carbocycles. The number of methoxy groups -OCH3 is 1. The average Bonchev–Trinajstić information content (AvgIpc) is 3.78. The van der Waals surface area contributed by atoms with Crippen molar-refractivity contribution in [2.24, 2.45) is 5.92 Å². The average molecular weight is 493 g/mol. The van der Waals surface area contributed by atoms with Crippen LogP contribution in [0.2, 0.25) is 5.02 Å². The van der Waals surface area contributed by atoms with Crippen LogP contribution in [0.25, 0.3) is 5.69 Å². The molecule has 2 fully saturated rings. The maximum absolute atomic E-state index is 14.6. The van der Waals surface area contributed by atoms with E-state index in [4.69, 9.17) is 32.8 Å². The molecular formula is C28H30ClFN4O. The number of terminal acetylenes is 1. The number of aromatic nitrogens is 3. The highest BCUT2D eigenvalue weighted by molar-refractivity contribution is 6.32. The van der Waals surface area contributed by atoms with Crippen LogP contribution in [0.1, 0.15) is 66.6 Å². The van der Waals surface area contributed by atoms with E-state index in [1.807, 2.05) is 35.9 Å². The molecule has 0 radical (unpaired) electrons. The van der Waals surface area contributed by atoms with E-state index in [2.05, 4.69) is 10.8 Å². The van der Waals surface area contributed by atoms with E-state index in [-0.39, 0.29) is 11.9 Å². The van der Waals surface area contributed by atoms with Crippen LogP contribution in [0, 0.1) is 37.9 Å². The maximum atomic E-state index is 14.6. The summed E-state index contributed by atoms with van der Waals surface area (Å²) in [5, 5.41) is 5.49. The van der Waals surface area contributed by atoms with Gasteiger partial charge in [-0.25, -0.2) is 9.07 Å². The second kappa shape index (κ2) is 9.54. The van der Waals surface area contributed by atoms with E-state index in [1.165, 1.54) is 12.8 Å². The Labute approximate surface area is 211 Å². The Morgan fingerprint density at radius 2 is 1.97 bits per heavy atom. The molecule has 5 nitrogen and oxygen atoms in total. The number of rotatable bonds is 9. The molecule has 1 heterocycles. The zero-order valence-electron chi connectivity index (χ0n) is 20.4. The summed E-state index contributed by atoms with van der Waals surface area (Å²) in [7, 11) is 1.63. The van der Waals surface area contributed by atoms with Gasteiger partial charge in [-0.15, -0.1) is 11.5 Å². The molecule has 0 saturated heterocycles. The van der Waals surface area contributed by atoms with Crippen LogP contribution in [0.3, 0.4) is 0 Å². The first-order chi connectivity index (χ1) is 16.9. The molecule has 5 rings (SSSR count). The molecule has 2 aliphatic rings. The summed E-state index contributed by atoms with van der Waals surface area (Å²) >= 11 is 6.67. The van der Waals surface area contributed by atoms with E-state index in [9.17, 15) is 4.39 Å². The molecule has 0 bridgehead atoms. The number of anilines is 1. The van der Waals surface area contributed by atoms with E-state index >= 15 is 0 Å². The fraction of sp³-hybridized carbons (Fsp3) is 0.429. The summed E-state index contributed by atoms with van der Waals surface area (Å²) in [5.41, 5.74) is 3.27. The minimum Gasteiger partial charge on any atom is -0.496 e. The number of benzene rings is 2. The van der Waals surface area contributed by atoms with Gasteiger partial charge in [0.05, 0.1) is 30.4 Å². The molecule has 7 heteroatoms. The first kappa shape index (κ1) is 23.7. The van der Waals surface area contributed by atoms with Crippen molar-refractivity contribution in [3.63, 3.8) is 0 Å². The fourth-order valence-corrected chi connectivity index (χ4v) is 4.83. The summed E-state index contributed by atoms with van der Waals surface area (Å²) in [4.78, 5) is 7.04. The van der Waals surface area contributed by atoms with Crippen molar-refractivity contribution in [1.29, 1.82) is 0 Å². The number of aryl methyl sites for hydroxylation is 2. The lowest BCUT2D eigenvalue weighted by Gasteiger charge is -2.30. The van der Waals surface area contributed by atoms with Crippen LogP contribution >= 0.6 is 11.6 Å². The Bertz CT molecular complexity index is 1290. The third kappa shape index (κ3) is 4.88. The van der Waals surface area contributed by atoms with E-state index in [1.54, 1.807) is 20.1 Å². The van der Waals surface area contributed by atoms with Crippen molar-refractivity contribution >= 4 is 17.5 Å². The van der Waals surface area contributed by atoms with Gasteiger partial charge in [-0.05, 0) is 67.9 Å². The molecule has 0 N–H and O–H groups in total. The standard InChI is InChI=1S/C28H30ClFN4O/c1-5-12-33(24(14-19-7-8-19)21-9-6-17(2)23(30)15-21)28-31-27(20-10-11-20)34(32-28)25-13-18(3)26(35-4)16-22(25)29/h1,6,9,13,15-16,19-20,24H,7-8,10-12,14H2,2-4H3/t24-/m0/s1. The summed E-state index contributed by atoms with van der Waals surface area (Å²) < 4.78 is 21.9. The Balaban J connectivity index is 1.60. The van der Waals surface area contributed by atoms with Gasteiger partial charge in [0.2, 0.25) is 5.95 Å². The van der Waals surface area contributed by atoms with Crippen LogP contribution in [-0.2, 0) is 0 Å². The molecule has 0 unspecified atom stereocenters. The van der Waals surface area contributed by atoms with Crippen molar-refractivity contribution in [2.45, 2.75) is 57.9 Å². The Hall–Kier alpha value is -3.04. The van der Waals surface area contributed by atoms with E-state index < -0.39 is 0 Å². The normalized spacial score (nSPS) is 16.1. The van der Waals surface area contributed by atoms with Gasteiger partial charge < -0.3 is 9.64 Å². The zero-order chi connectivity index (χ0) is 24.7. The van der Waals surface area contributed by atoms with Crippen LogP contribution in [0.15, 0.2) is 30.3 Å². The molecule has 1 atom stereocenters. The first-order valence-electron chi connectivity index (χ1n) is 12.2. The molecule has 35 heavy (non-hydrogen) atoms. The van der Waals surface area contributed by atoms with Gasteiger partial charge in [0.1, 0.15) is 17.4 Å². The van der Waals surface area contributed by atoms with Gasteiger partial charge >= 0.3 is 0 Å². The number of nitrogens with zero attached hydrogens (tertiary/aromatic N) is 4. The van der Waals surface area contributed by atoms with Crippen LogP contribution in [-0.4, -0.2) is 28.4 Å². The third-order valence-corrected chi connectivity index (χ3v) is 7.29. The molecule has 0 amide bonds. The number of hydrogen-bond donors (Lipinski definition) is 0. The van der Waals surface area contributed by atoms with Gasteiger partial charge in [0, 0.05) is 12.0 Å². The Morgan fingerprint density at radius 1 is 1.20 bits per heavy atom. The highest BCUT2D eigenvalue weighted by atomic mass is 35.5. The molecule has 2 saturated carbocycles. The molecule has 0 aliphatic heterocycles. The molecule has 182 valence electrons. The van der Waals surface area contributed by atoms with Crippen LogP contribution in [0.5, 0.6) is 5.75 Å². The fourth-order valence-electron chi connectivity index (χ4n) is 4.60. The number of ether oxygens (including phenoxy) is 1. The summed E-state index contributed by atoms with van der Waals surface area (Å²) in [6.07, 6.45) is 11.2. The molecule has 1 aromatic heterocycles. The summed E-state index contributed by atoms with van der Waals surface area (Å²) in [6, 6.07) is 9.15. The smallest absolute Gasteiger partial charge is 0.246 e. The predicted octanol–water partition coefficient (Wildman–Crippen LogP) is 6.54. The molecule has 3 aromatic rings. The van der Waals surface area contributed by atoms with Crippen molar-refractivity contribution in [3.05, 3.63) is 63.7 Å². The maximum Gasteiger partial charge on any atom is 0.246 e. The minimum atomic E-state index is -0.207. The monoisotopic (exact) mass is 492 g/mol. The molecule has 2 aliphatic carbocycles. The lowest BCUT2D eigenvalue weighted by atomic mass is 9.98. The predicted molar refractivity (Wildman–Crippen MR) is 137 cm³/mol.